The molecule has 180 valence electrons. The summed E-state index contributed by atoms with van der Waals surface area (Å²) in [5, 5.41) is 11.3. The fraction of sp³-hybridized carbons (Fsp3) is 0.429. The molecule has 6 nitrogen and oxygen atoms in total. The van der Waals surface area contributed by atoms with Crippen molar-refractivity contribution >= 4 is 17.4 Å². The van der Waals surface area contributed by atoms with Gasteiger partial charge in [-0.2, -0.15) is 0 Å². The van der Waals surface area contributed by atoms with Gasteiger partial charge in [0.15, 0.2) is 0 Å². The first-order valence-corrected chi connectivity index (χ1v) is 12.2. The Bertz CT molecular complexity index is 1100. The van der Waals surface area contributed by atoms with Crippen LogP contribution < -0.4 is 4.74 Å². The highest BCUT2D eigenvalue weighted by Crippen LogP contribution is 2.40. The van der Waals surface area contributed by atoms with Gasteiger partial charge in [0.1, 0.15) is 17.6 Å². The summed E-state index contributed by atoms with van der Waals surface area (Å²) < 4.78 is 5.77. The number of likely N-dealkylation sites (tertiary alicyclic amines) is 1. The number of ketones is 1. The molecule has 6 heteroatoms. The van der Waals surface area contributed by atoms with E-state index in [0.717, 1.165) is 54.9 Å². The van der Waals surface area contributed by atoms with Crippen LogP contribution in [0.1, 0.15) is 55.5 Å². The van der Waals surface area contributed by atoms with Gasteiger partial charge in [0.25, 0.3) is 11.7 Å². The lowest BCUT2D eigenvalue weighted by atomic mass is 9.94. The number of aliphatic hydroxyl groups is 1. The van der Waals surface area contributed by atoms with Crippen LogP contribution in [-0.2, 0) is 16.0 Å². The molecule has 1 fully saturated rings. The molecule has 0 unspecified atom stereocenters. The third-order valence-corrected chi connectivity index (χ3v) is 6.87. The number of rotatable bonds is 8. The van der Waals surface area contributed by atoms with E-state index in [1.54, 1.807) is 11.0 Å². The second-order valence-electron chi connectivity index (χ2n) is 9.24. The molecule has 34 heavy (non-hydrogen) atoms. The molecule has 0 aromatic heterocycles. The SMILES string of the molecule is CCN(CC)CCCN1C(=O)C(=O)/C(=C(/O)c2ccc3c(c2)C[C@H](C)O3)[C@H]1c1ccc(C)cc1. The number of nitrogens with zero attached hydrogens (tertiary/aromatic N) is 2. The van der Waals surface area contributed by atoms with E-state index in [0.29, 0.717) is 12.1 Å². The predicted molar refractivity (Wildman–Crippen MR) is 133 cm³/mol. The molecule has 2 aromatic carbocycles. The van der Waals surface area contributed by atoms with Crippen molar-refractivity contribution in [2.75, 3.05) is 26.2 Å². The number of carbonyl (C=O) groups is 2. The van der Waals surface area contributed by atoms with E-state index in [4.69, 9.17) is 4.74 Å². The van der Waals surface area contributed by atoms with E-state index >= 15 is 0 Å². The van der Waals surface area contributed by atoms with Crippen molar-refractivity contribution < 1.29 is 19.4 Å². The number of hydrogen-bond donors (Lipinski definition) is 1. The topological polar surface area (TPSA) is 70.1 Å². The summed E-state index contributed by atoms with van der Waals surface area (Å²) in [7, 11) is 0. The smallest absolute Gasteiger partial charge is 0.295 e. The largest absolute Gasteiger partial charge is 0.507 e. The number of fused-ring (bicyclic) bond motifs is 1. The summed E-state index contributed by atoms with van der Waals surface area (Å²) in [5.41, 5.74) is 3.61. The Kier molecular flexibility index (Phi) is 7.08. The predicted octanol–water partition coefficient (Wildman–Crippen LogP) is 4.47. The number of hydrogen-bond acceptors (Lipinski definition) is 5. The van der Waals surface area contributed by atoms with Crippen molar-refractivity contribution in [2.24, 2.45) is 0 Å². The Hall–Kier alpha value is -3.12. The van der Waals surface area contributed by atoms with E-state index in [-0.39, 0.29) is 17.4 Å². The molecule has 2 aliphatic rings. The molecular weight excluding hydrogens is 428 g/mol. The highest BCUT2D eigenvalue weighted by Gasteiger charge is 2.45. The molecule has 2 atom stereocenters. The number of aliphatic hydroxyl groups excluding tert-OH is 1. The maximum absolute atomic E-state index is 13.2. The van der Waals surface area contributed by atoms with Crippen molar-refractivity contribution in [3.05, 3.63) is 70.3 Å². The number of amides is 1. The molecule has 0 bridgehead atoms. The van der Waals surface area contributed by atoms with Crippen LogP contribution in [0.25, 0.3) is 5.76 Å². The molecule has 1 amide bonds. The summed E-state index contributed by atoms with van der Waals surface area (Å²) in [6.45, 7) is 11.4. The average Bonchev–Trinajstić information content (AvgIpc) is 3.32. The number of Topliss-reactive ketones (excluding diaryl/α,β-unsaturated/α-hetero) is 1. The minimum atomic E-state index is -0.629. The number of aryl methyl sites for hydroxylation is 1. The molecule has 1 N–H and O–H groups in total. The normalized spacial score (nSPS) is 21.3. The van der Waals surface area contributed by atoms with Crippen LogP contribution in [0.5, 0.6) is 5.75 Å². The van der Waals surface area contributed by atoms with Crippen LogP contribution in [0.15, 0.2) is 48.0 Å². The van der Waals surface area contributed by atoms with Crippen molar-refractivity contribution in [3.8, 4) is 5.75 Å². The first kappa shape index (κ1) is 24.0. The van der Waals surface area contributed by atoms with Gasteiger partial charge in [-0.3, -0.25) is 9.59 Å². The van der Waals surface area contributed by atoms with Crippen LogP contribution in [-0.4, -0.2) is 58.9 Å². The van der Waals surface area contributed by atoms with E-state index in [1.807, 2.05) is 50.2 Å². The zero-order valence-corrected chi connectivity index (χ0v) is 20.5. The maximum atomic E-state index is 13.2. The minimum Gasteiger partial charge on any atom is -0.507 e. The van der Waals surface area contributed by atoms with Gasteiger partial charge in [0.05, 0.1) is 11.6 Å². The van der Waals surface area contributed by atoms with Crippen LogP contribution in [0, 0.1) is 6.92 Å². The Morgan fingerprint density at radius 2 is 1.82 bits per heavy atom. The second-order valence-corrected chi connectivity index (χ2v) is 9.24. The summed E-state index contributed by atoms with van der Waals surface area (Å²) in [5.74, 6) is -0.505. The van der Waals surface area contributed by atoms with Crippen molar-refractivity contribution in [2.45, 2.75) is 52.7 Å². The quantitative estimate of drug-likeness (QED) is 0.356. The van der Waals surface area contributed by atoms with Crippen LogP contribution >= 0.6 is 0 Å². The van der Waals surface area contributed by atoms with Gasteiger partial charge in [0, 0.05) is 18.5 Å². The summed E-state index contributed by atoms with van der Waals surface area (Å²) in [6, 6.07) is 12.7. The number of ether oxygens (including phenoxy) is 1. The molecule has 2 heterocycles. The average molecular weight is 463 g/mol. The van der Waals surface area contributed by atoms with Crippen LogP contribution in [0.4, 0.5) is 0 Å². The molecule has 0 aliphatic carbocycles. The zero-order valence-electron chi connectivity index (χ0n) is 20.5. The minimum absolute atomic E-state index is 0.0799. The van der Waals surface area contributed by atoms with Gasteiger partial charge < -0.3 is 19.6 Å². The van der Waals surface area contributed by atoms with Gasteiger partial charge >= 0.3 is 0 Å². The lowest BCUT2D eigenvalue weighted by molar-refractivity contribution is -0.140. The van der Waals surface area contributed by atoms with Gasteiger partial charge in [0.2, 0.25) is 0 Å². The first-order chi connectivity index (χ1) is 16.3. The molecule has 0 spiro atoms. The monoisotopic (exact) mass is 462 g/mol. The van der Waals surface area contributed by atoms with Crippen molar-refractivity contribution in [1.29, 1.82) is 0 Å². The Morgan fingerprint density at radius 1 is 1.12 bits per heavy atom. The highest BCUT2D eigenvalue weighted by molar-refractivity contribution is 6.46. The van der Waals surface area contributed by atoms with Crippen molar-refractivity contribution in [3.63, 3.8) is 0 Å². The van der Waals surface area contributed by atoms with E-state index < -0.39 is 17.7 Å². The molecule has 4 rings (SSSR count). The van der Waals surface area contributed by atoms with Gasteiger partial charge in [-0.15, -0.1) is 0 Å². The molecule has 2 aromatic rings. The Balaban J connectivity index is 1.72. The van der Waals surface area contributed by atoms with E-state index in [9.17, 15) is 14.7 Å². The fourth-order valence-corrected chi connectivity index (χ4v) is 4.94. The third-order valence-electron chi connectivity index (χ3n) is 6.87. The molecule has 0 saturated carbocycles. The fourth-order valence-electron chi connectivity index (χ4n) is 4.94. The highest BCUT2D eigenvalue weighted by atomic mass is 16.5. The molecule has 1 saturated heterocycles. The number of carbonyl (C=O) groups excluding carboxylic acids is 2. The first-order valence-electron chi connectivity index (χ1n) is 12.2. The van der Waals surface area contributed by atoms with Crippen molar-refractivity contribution in [1.82, 2.24) is 9.80 Å². The summed E-state index contributed by atoms with van der Waals surface area (Å²) >= 11 is 0. The Morgan fingerprint density at radius 3 is 2.50 bits per heavy atom. The summed E-state index contributed by atoms with van der Waals surface area (Å²) in [6.07, 6.45) is 1.58. The van der Waals surface area contributed by atoms with Crippen LogP contribution in [0.2, 0.25) is 0 Å². The molecule has 0 radical (unpaired) electrons. The number of benzene rings is 2. The standard InChI is InChI=1S/C28H34N2O4/c1-5-29(6-2)14-7-15-30-25(20-10-8-18(3)9-11-20)24(27(32)28(30)33)26(31)21-12-13-23-22(17-21)16-19(4)34-23/h8-13,17,19,25,31H,5-7,14-16H2,1-4H3/b26-24+/t19-,25+/m0/s1. The van der Waals surface area contributed by atoms with E-state index in [2.05, 4.69) is 18.7 Å². The van der Waals surface area contributed by atoms with E-state index in [1.165, 1.54) is 0 Å². The lowest BCUT2D eigenvalue weighted by Crippen LogP contribution is -2.33. The molecule has 2 aliphatic heterocycles. The van der Waals surface area contributed by atoms with Gasteiger partial charge in [-0.05, 0) is 69.2 Å². The summed E-state index contributed by atoms with van der Waals surface area (Å²) in [4.78, 5) is 30.3. The maximum Gasteiger partial charge on any atom is 0.295 e. The third kappa shape index (κ3) is 4.60. The zero-order chi connectivity index (χ0) is 24.4. The van der Waals surface area contributed by atoms with Crippen LogP contribution in [0.3, 0.4) is 0 Å². The molecular formula is C28H34N2O4. The Labute approximate surface area is 201 Å². The van der Waals surface area contributed by atoms with Gasteiger partial charge in [-0.25, -0.2) is 0 Å². The second kappa shape index (κ2) is 10.0. The lowest BCUT2D eigenvalue weighted by Gasteiger charge is -2.27. The van der Waals surface area contributed by atoms with Gasteiger partial charge in [-0.1, -0.05) is 43.7 Å².